The van der Waals surface area contributed by atoms with Crippen LogP contribution in [-0.2, 0) is 0 Å². The summed E-state index contributed by atoms with van der Waals surface area (Å²) < 4.78 is 0. The molecule has 1 aliphatic carbocycles. The monoisotopic (exact) mass is 249 g/mol. The molecule has 17 heavy (non-hydrogen) atoms. The van der Waals surface area contributed by atoms with Gasteiger partial charge in [-0.15, -0.1) is 11.8 Å². The van der Waals surface area contributed by atoms with Gasteiger partial charge in [-0.3, -0.25) is 0 Å². The molecule has 1 nitrogen and oxygen atoms in total. The van der Waals surface area contributed by atoms with Crippen LogP contribution in [0.3, 0.4) is 0 Å². The minimum atomic E-state index is 0.426. The van der Waals surface area contributed by atoms with Gasteiger partial charge in [0, 0.05) is 16.2 Å². The lowest BCUT2D eigenvalue weighted by Gasteiger charge is -2.42. The quantitative estimate of drug-likeness (QED) is 0.815. The second-order valence-corrected chi connectivity index (χ2v) is 6.96. The fraction of sp³-hybridized carbons (Fsp3) is 0.600. The highest BCUT2D eigenvalue weighted by Gasteiger charge is 2.37. The van der Waals surface area contributed by atoms with E-state index in [1.165, 1.54) is 16.9 Å². The minimum absolute atomic E-state index is 0.426. The predicted molar refractivity (Wildman–Crippen MR) is 76.5 cm³/mol. The van der Waals surface area contributed by atoms with Crippen molar-refractivity contribution in [3.63, 3.8) is 0 Å². The van der Waals surface area contributed by atoms with E-state index in [0.29, 0.717) is 23.1 Å². The molecule has 0 aromatic heterocycles. The molecule has 1 aromatic carbocycles. The van der Waals surface area contributed by atoms with Gasteiger partial charge in [0.25, 0.3) is 0 Å². The molecular formula is C15H23NS. The SMILES string of the molecule is CCC1C(N)CC1c1ccc(SC(C)C)cc1. The molecule has 2 rings (SSSR count). The van der Waals surface area contributed by atoms with Crippen molar-refractivity contribution in [3.8, 4) is 0 Å². The van der Waals surface area contributed by atoms with Crippen molar-refractivity contribution >= 4 is 11.8 Å². The van der Waals surface area contributed by atoms with Crippen LogP contribution in [-0.4, -0.2) is 11.3 Å². The number of hydrogen-bond donors (Lipinski definition) is 1. The lowest BCUT2D eigenvalue weighted by molar-refractivity contribution is 0.198. The molecule has 0 amide bonds. The van der Waals surface area contributed by atoms with Crippen LogP contribution in [0, 0.1) is 5.92 Å². The summed E-state index contributed by atoms with van der Waals surface area (Å²) in [6, 6.07) is 9.54. The Morgan fingerprint density at radius 2 is 1.94 bits per heavy atom. The number of nitrogens with two attached hydrogens (primary N) is 1. The Labute approximate surface area is 109 Å². The number of rotatable bonds is 4. The van der Waals surface area contributed by atoms with Crippen LogP contribution in [0.1, 0.15) is 45.1 Å². The maximum atomic E-state index is 6.05. The molecule has 1 fully saturated rings. The molecule has 94 valence electrons. The van der Waals surface area contributed by atoms with Crippen molar-refractivity contribution in [3.05, 3.63) is 29.8 Å². The summed E-state index contributed by atoms with van der Waals surface area (Å²) in [6.45, 7) is 6.72. The number of benzene rings is 1. The molecule has 0 saturated heterocycles. The van der Waals surface area contributed by atoms with Crippen molar-refractivity contribution in [1.82, 2.24) is 0 Å². The maximum absolute atomic E-state index is 6.05. The standard InChI is InChI=1S/C15H23NS/c1-4-13-14(9-15(13)16)11-5-7-12(8-6-11)17-10(2)3/h5-8,10,13-15H,4,9,16H2,1-3H3. The highest BCUT2D eigenvalue weighted by Crippen LogP contribution is 2.43. The Bertz CT molecular complexity index is 358. The van der Waals surface area contributed by atoms with E-state index in [9.17, 15) is 0 Å². The predicted octanol–water partition coefficient (Wildman–Crippen LogP) is 4.03. The highest BCUT2D eigenvalue weighted by atomic mass is 32.2. The average Bonchev–Trinajstić information content (AvgIpc) is 2.27. The molecule has 0 bridgehead atoms. The second kappa shape index (κ2) is 5.45. The van der Waals surface area contributed by atoms with Gasteiger partial charge < -0.3 is 5.73 Å². The van der Waals surface area contributed by atoms with Crippen molar-refractivity contribution in [2.75, 3.05) is 0 Å². The molecule has 1 saturated carbocycles. The first-order valence-electron chi connectivity index (χ1n) is 6.64. The lowest BCUT2D eigenvalue weighted by Crippen LogP contribution is -2.45. The normalized spacial score (nSPS) is 28.2. The van der Waals surface area contributed by atoms with Gasteiger partial charge in [-0.2, -0.15) is 0 Å². The summed E-state index contributed by atoms with van der Waals surface area (Å²) >= 11 is 1.93. The molecule has 3 unspecified atom stereocenters. The van der Waals surface area contributed by atoms with E-state index in [0.717, 1.165) is 6.42 Å². The van der Waals surface area contributed by atoms with E-state index in [1.807, 2.05) is 11.8 Å². The van der Waals surface area contributed by atoms with E-state index >= 15 is 0 Å². The van der Waals surface area contributed by atoms with E-state index in [2.05, 4.69) is 45.0 Å². The van der Waals surface area contributed by atoms with Crippen molar-refractivity contribution in [1.29, 1.82) is 0 Å². The summed E-state index contributed by atoms with van der Waals surface area (Å²) in [5.74, 6) is 1.40. The Balaban J connectivity index is 2.03. The molecule has 0 aliphatic heterocycles. The topological polar surface area (TPSA) is 26.0 Å². The van der Waals surface area contributed by atoms with Gasteiger partial charge in [0.05, 0.1) is 0 Å². The first kappa shape index (κ1) is 13.0. The Hall–Kier alpha value is -0.470. The maximum Gasteiger partial charge on any atom is 0.00788 e. The first-order valence-corrected chi connectivity index (χ1v) is 7.52. The second-order valence-electron chi connectivity index (χ2n) is 5.31. The third-order valence-electron chi connectivity index (χ3n) is 3.74. The summed E-state index contributed by atoms with van der Waals surface area (Å²) in [6.07, 6.45) is 2.36. The average molecular weight is 249 g/mol. The molecular weight excluding hydrogens is 226 g/mol. The lowest BCUT2D eigenvalue weighted by atomic mass is 9.65. The Morgan fingerprint density at radius 1 is 1.29 bits per heavy atom. The van der Waals surface area contributed by atoms with Gasteiger partial charge in [-0.25, -0.2) is 0 Å². The van der Waals surface area contributed by atoms with Crippen LogP contribution >= 0.6 is 11.8 Å². The van der Waals surface area contributed by atoms with Gasteiger partial charge in [0.2, 0.25) is 0 Å². The van der Waals surface area contributed by atoms with Crippen LogP contribution in [0.2, 0.25) is 0 Å². The third kappa shape index (κ3) is 2.86. The van der Waals surface area contributed by atoms with Crippen molar-refractivity contribution in [2.24, 2.45) is 11.7 Å². The Kier molecular flexibility index (Phi) is 4.16. The molecule has 2 N–H and O–H groups in total. The van der Waals surface area contributed by atoms with Gasteiger partial charge >= 0.3 is 0 Å². The van der Waals surface area contributed by atoms with Gasteiger partial charge in [0.1, 0.15) is 0 Å². The van der Waals surface area contributed by atoms with Crippen LogP contribution in [0.5, 0.6) is 0 Å². The van der Waals surface area contributed by atoms with Gasteiger partial charge in [-0.1, -0.05) is 39.3 Å². The molecule has 0 heterocycles. The molecule has 1 aromatic rings. The highest BCUT2D eigenvalue weighted by molar-refractivity contribution is 7.99. The zero-order valence-corrected chi connectivity index (χ0v) is 11.8. The summed E-state index contributed by atoms with van der Waals surface area (Å²) in [5.41, 5.74) is 7.53. The largest absolute Gasteiger partial charge is 0.327 e. The first-order chi connectivity index (χ1) is 8.11. The molecule has 3 atom stereocenters. The van der Waals surface area contributed by atoms with E-state index < -0.39 is 0 Å². The third-order valence-corrected chi connectivity index (χ3v) is 4.76. The molecule has 1 aliphatic rings. The van der Waals surface area contributed by atoms with Crippen molar-refractivity contribution < 1.29 is 0 Å². The minimum Gasteiger partial charge on any atom is -0.327 e. The van der Waals surface area contributed by atoms with Crippen molar-refractivity contribution in [2.45, 2.75) is 55.7 Å². The van der Waals surface area contributed by atoms with E-state index in [4.69, 9.17) is 5.73 Å². The molecule has 0 radical (unpaired) electrons. The zero-order valence-electron chi connectivity index (χ0n) is 11.0. The summed E-state index contributed by atoms with van der Waals surface area (Å²) in [4.78, 5) is 1.38. The zero-order chi connectivity index (χ0) is 12.4. The van der Waals surface area contributed by atoms with Gasteiger partial charge in [-0.05, 0) is 36.0 Å². The summed E-state index contributed by atoms with van der Waals surface area (Å²) in [5, 5.41) is 0.654. The Morgan fingerprint density at radius 3 is 2.41 bits per heavy atom. The smallest absolute Gasteiger partial charge is 0.00788 e. The van der Waals surface area contributed by atoms with Gasteiger partial charge in [0.15, 0.2) is 0 Å². The molecule has 0 spiro atoms. The van der Waals surface area contributed by atoms with Crippen LogP contribution in [0.15, 0.2) is 29.2 Å². The fourth-order valence-corrected chi connectivity index (χ4v) is 3.62. The number of hydrogen-bond acceptors (Lipinski definition) is 2. The number of thioether (sulfide) groups is 1. The van der Waals surface area contributed by atoms with Crippen LogP contribution in [0.4, 0.5) is 0 Å². The molecule has 2 heteroatoms. The van der Waals surface area contributed by atoms with Crippen LogP contribution < -0.4 is 5.73 Å². The fourth-order valence-electron chi connectivity index (χ4n) is 2.78. The van der Waals surface area contributed by atoms with E-state index in [1.54, 1.807) is 0 Å². The van der Waals surface area contributed by atoms with E-state index in [-0.39, 0.29) is 0 Å². The van der Waals surface area contributed by atoms with Crippen LogP contribution in [0.25, 0.3) is 0 Å². The summed E-state index contributed by atoms with van der Waals surface area (Å²) in [7, 11) is 0.